The van der Waals surface area contributed by atoms with Gasteiger partial charge in [0.1, 0.15) is 5.75 Å². The van der Waals surface area contributed by atoms with Crippen LogP contribution in [0.1, 0.15) is 31.9 Å². The molecule has 2 aliphatic rings. The Bertz CT molecular complexity index is 484. The number of hydrogen-bond acceptors (Lipinski definition) is 3. The van der Waals surface area contributed by atoms with Crippen LogP contribution < -0.4 is 10.1 Å². The number of fused-ring (bicyclic) bond motifs is 1. The van der Waals surface area contributed by atoms with Crippen molar-refractivity contribution in [3.05, 3.63) is 29.3 Å². The SMILES string of the molecule is CC1CNC(C)(C)CN1CCc1ccc2c(c1)CCO2. The zero-order valence-corrected chi connectivity index (χ0v) is 12.9. The summed E-state index contributed by atoms with van der Waals surface area (Å²) in [4.78, 5) is 2.61. The van der Waals surface area contributed by atoms with E-state index in [4.69, 9.17) is 4.74 Å². The van der Waals surface area contributed by atoms with Gasteiger partial charge in [0.25, 0.3) is 0 Å². The van der Waals surface area contributed by atoms with E-state index in [-0.39, 0.29) is 5.54 Å². The molecule has 3 rings (SSSR count). The Labute approximate surface area is 122 Å². The topological polar surface area (TPSA) is 24.5 Å². The Morgan fingerprint density at radius 1 is 1.40 bits per heavy atom. The molecule has 0 aromatic heterocycles. The van der Waals surface area contributed by atoms with Crippen LogP contribution in [0.2, 0.25) is 0 Å². The molecule has 1 fully saturated rings. The van der Waals surface area contributed by atoms with Gasteiger partial charge >= 0.3 is 0 Å². The van der Waals surface area contributed by atoms with Gasteiger partial charge in [-0.25, -0.2) is 0 Å². The van der Waals surface area contributed by atoms with Crippen molar-refractivity contribution in [3.63, 3.8) is 0 Å². The highest BCUT2D eigenvalue weighted by molar-refractivity contribution is 5.39. The zero-order valence-electron chi connectivity index (χ0n) is 12.9. The maximum absolute atomic E-state index is 5.57. The summed E-state index contributed by atoms with van der Waals surface area (Å²) in [6, 6.07) is 7.33. The summed E-state index contributed by atoms with van der Waals surface area (Å²) in [5.74, 6) is 1.09. The van der Waals surface area contributed by atoms with Crippen LogP contribution in [0.3, 0.4) is 0 Å². The van der Waals surface area contributed by atoms with Gasteiger partial charge in [-0.15, -0.1) is 0 Å². The van der Waals surface area contributed by atoms with Crippen molar-refractivity contribution >= 4 is 0 Å². The second-order valence-electron chi connectivity index (χ2n) is 6.87. The molecule has 20 heavy (non-hydrogen) atoms. The van der Waals surface area contributed by atoms with Gasteiger partial charge < -0.3 is 10.1 Å². The Hall–Kier alpha value is -1.06. The first-order chi connectivity index (χ1) is 9.53. The standard InChI is InChI=1S/C17H26N2O/c1-13-11-18-17(2,3)12-19(13)8-6-14-4-5-16-15(10-14)7-9-20-16/h4-5,10,13,18H,6-9,11-12H2,1-3H3. The molecule has 1 atom stereocenters. The number of benzene rings is 1. The maximum Gasteiger partial charge on any atom is 0.122 e. The number of rotatable bonds is 3. The van der Waals surface area contributed by atoms with Crippen molar-refractivity contribution < 1.29 is 4.74 Å². The monoisotopic (exact) mass is 274 g/mol. The number of ether oxygens (including phenoxy) is 1. The van der Waals surface area contributed by atoms with E-state index in [1.165, 1.54) is 11.1 Å². The molecule has 2 aliphatic heterocycles. The molecule has 1 unspecified atom stereocenters. The van der Waals surface area contributed by atoms with Crippen molar-refractivity contribution in [2.75, 3.05) is 26.2 Å². The first-order valence-corrected chi connectivity index (χ1v) is 7.77. The molecule has 0 saturated carbocycles. The van der Waals surface area contributed by atoms with E-state index in [1.807, 2.05) is 0 Å². The van der Waals surface area contributed by atoms with Gasteiger partial charge in [0.2, 0.25) is 0 Å². The van der Waals surface area contributed by atoms with Crippen LogP contribution in [0.4, 0.5) is 0 Å². The van der Waals surface area contributed by atoms with E-state index < -0.39 is 0 Å². The van der Waals surface area contributed by atoms with Gasteiger partial charge in [0.05, 0.1) is 6.61 Å². The Balaban J connectivity index is 1.61. The smallest absolute Gasteiger partial charge is 0.122 e. The third kappa shape index (κ3) is 2.99. The first-order valence-electron chi connectivity index (χ1n) is 7.77. The Morgan fingerprint density at radius 2 is 2.25 bits per heavy atom. The normalized spacial score (nSPS) is 25.2. The summed E-state index contributed by atoms with van der Waals surface area (Å²) < 4.78 is 5.57. The van der Waals surface area contributed by atoms with Gasteiger partial charge in [-0.2, -0.15) is 0 Å². The number of nitrogens with zero attached hydrogens (tertiary/aromatic N) is 1. The van der Waals surface area contributed by atoms with E-state index in [1.54, 1.807) is 0 Å². The molecule has 1 aromatic rings. The number of nitrogens with one attached hydrogen (secondary N) is 1. The molecule has 110 valence electrons. The summed E-state index contributed by atoms with van der Waals surface area (Å²) in [5.41, 5.74) is 3.06. The summed E-state index contributed by atoms with van der Waals surface area (Å²) in [7, 11) is 0. The highest BCUT2D eigenvalue weighted by Crippen LogP contribution is 2.26. The lowest BCUT2D eigenvalue weighted by molar-refractivity contribution is 0.106. The largest absolute Gasteiger partial charge is 0.493 e. The maximum atomic E-state index is 5.57. The van der Waals surface area contributed by atoms with E-state index in [0.29, 0.717) is 6.04 Å². The molecule has 0 radical (unpaired) electrons. The Morgan fingerprint density at radius 3 is 3.10 bits per heavy atom. The van der Waals surface area contributed by atoms with Crippen LogP contribution in [-0.2, 0) is 12.8 Å². The molecule has 0 amide bonds. The molecular formula is C17H26N2O. The van der Waals surface area contributed by atoms with Crippen LogP contribution in [0.15, 0.2) is 18.2 Å². The average molecular weight is 274 g/mol. The predicted octanol–water partition coefficient (Wildman–Crippen LogP) is 2.24. The fourth-order valence-corrected chi connectivity index (χ4v) is 3.24. The van der Waals surface area contributed by atoms with Crippen LogP contribution in [-0.4, -0.2) is 42.7 Å². The lowest BCUT2D eigenvalue weighted by Gasteiger charge is -2.43. The van der Waals surface area contributed by atoms with Crippen molar-refractivity contribution in [1.82, 2.24) is 10.2 Å². The second-order valence-corrected chi connectivity index (χ2v) is 6.87. The van der Waals surface area contributed by atoms with Crippen molar-refractivity contribution in [3.8, 4) is 5.75 Å². The molecule has 3 nitrogen and oxygen atoms in total. The molecule has 0 spiro atoms. The van der Waals surface area contributed by atoms with E-state index in [2.05, 4.69) is 49.2 Å². The fourth-order valence-electron chi connectivity index (χ4n) is 3.24. The Kier molecular flexibility index (Phi) is 3.74. The molecule has 0 aliphatic carbocycles. The van der Waals surface area contributed by atoms with Gasteiger partial charge in [0, 0.05) is 37.6 Å². The van der Waals surface area contributed by atoms with Crippen LogP contribution in [0, 0.1) is 0 Å². The van der Waals surface area contributed by atoms with Gasteiger partial charge in [-0.1, -0.05) is 12.1 Å². The van der Waals surface area contributed by atoms with Gasteiger partial charge in [-0.3, -0.25) is 4.90 Å². The lowest BCUT2D eigenvalue weighted by Crippen LogP contribution is -2.60. The summed E-state index contributed by atoms with van der Waals surface area (Å²) in [6.07, 6.45) is 2.20. The highest BCUT2D eigenvalue weighted by atomic mass is 16.5. The summed E-state index contributed by atoms with van der Waals surface area (Å²) in [6.45, 7) is 11.1. The molecule has 2 heterocycles. The highest BCUT2D eigenvalue weighted by Gasteiger charge is 2.29. The minimum Gasteiger partial charge on any atom is -0.493 e. The van der Waals surface area contributed by atoms with E-state index in [0.717, 1.165) is 44.8 Å². The molecule has 0 bridgehead atoms. The van der Waals surface area contributed by atoms with E-state index >= 15 is 0 Å². The van der Waals surface area contributed by atoms with Crippen molar-refractivity contribution in [1.29, 1.82) is 0 Å². The van der Waals surface area contributed by atoms with Gasteiger partial charge in [0.15, 0.2) is 0 Å². The zero-order chi connectivity index (χ0) is 14.2. The van der Waals surface area contributed by atoms with Crippen LogP contribution in [0.5, 0.6) is 5.75 Å². The van der Waals surface area contributed by atoms with Crippen molar-refractivity contribution in [2.45, 2.75) is 45.2 Å². The first kappa shape index (κ1) is 13.9. The number of hydrogen-bond donors (Lipinski definition) is 1. The van der Waals surface area contributed by atoms with Crippen molar-refractivity contribution in [2.24, 2.45) is 0 Å². The molecule has 1 aromatic carbocycles. The van der Waals surface area contributed by atoms with Gasteiger partial charge in [-0.05, 0) is 44.4 Å². The predicted molar refractivity (Wildman–Crippen MR) is 82.5 cm³/mol. The second kappa shape index (κ2) is 5.38. The van der Waals surface area contributed by atoms with E-state index in [9.17, 15) is 0 Å². The summed E-state index contributed by atoms with van der Waals surface area (Å²) in [5, 5.41) is 3.61. The fraction of sp³-hybridized carbons (Fsp3) is 0.647. The van der Waals surface area contributed by atoms with Crippen LogP contribution >= 0.6 is 0 Å². The third-order valence-corrected chi connectivity index (χ3v) is 4.54. The quantitative estimate of drug-likeness (QED) is 0.915. The minimum atomic E-state index is 0.234. The molecule has 1 N–H and O–H groups in total. The third-order valence-electron chi connectivity index (χ3n) is 4.54. The number of piperazine rings is 1. The minimum absolute atomic E-state index is 0.234. The van der Waals surface area contributed by atoms with Crippen LogP contribution in [0.25, 0.3) is 0 Å². The molecule has 1 saturated heterocycles. The molecule has 3 heteroatoms. The molecular weight excluding hydrogens is 248 g/mol. The average Bonchev–Trinajstić information content (AvgIpc) is 2.87. The summed E-state index contributed by atoms with van der Waals surface area (Å²) >= 11 is 0. The lowest BCUT2D eigenvalue weighted by atomic mass is 9.98.